The molecule has 0 aliphatic carbocycles. The summed E-state index contributed by atoms with van der Waals surface area (Å²) < 4.78 is 6.90. The minimum Gasteiger partial charge on any atom is -0.493 e. The van der Waals surface area contributed by atoms with E-state index in [1.54, 1.807) is 0 Å². The fourth-order valence-electron chi connectivity index (χ4n) is 2.37. The molecule has 0 spiro atoms. The number of fused-ring (bicyclic) bond motifs is 1. The molecule has 0 saturated carbocycles. The van der Waals surface area contributed by atoms with Crippen molar-refractivity contribution in [3.63, 3.8) is 0 Å². The fraction of sp³-hybridized carbons (Fsp3) is 0.571. The lowest BCUT2D eigenvalue weighted by Gasteiger charge is -2.26. The first-order valence-corrected chi connectivity index (χ1v) is 7.29. The van der Waals surface area contributed by atoms with E-state index in [9.17, 15) is 0 Å². The van der Waals surface area contributed by atoms with Gasteiger partial charge in [0.25, 0.3) is 0 Å². The van der Waals surface area contributed by atoms with E-state index in [0.717, 1.165) is 36.3 Å². The van der Waals surface area contributed by atoms with Crippen molar-refractivity contribution in [2.75, 3.05) is 19.7 Å². The topological polar surface area (TPSA) is 38.5 Å². The Hall–Kier alpha value is -0.580. The average molecular weight is 313 g/mol. The summed E-state index contributed by atoms with van der Waals surface area (Å²) in [6.07, 6.45) is 1.01. The molecule has 1 aromatic carbocycles. The zero-order chi connectivity index (χ0) is 13.1. The van der Waals surface area contributed by atoms with E-state index in [1.807, 2.05) is 0 Å². The van der Waals surface area contributed by atoms with Crippen molar-refractivity contribution in [2.45, 2.75) is 32.9 Å². The van der Waals surface area contributed by atoms with E-state index in [1.165, 1.54) is 11.1 Å². The molecule has 0 amide bonds. The van der Waals surface area contributed by atoms with Crippen LogP contribution in [-0.2, 0) is 13.0 Å². The molecule has 0 bridgehead atoms. The van der Waals surface area contributed by atoms with Crippen molar-refractivity contribution in [1.82, 2.24) is 4.90 Å². The Morgan fingerprint density at radius 2 is 2.22 bits per heavy atom. The van der Waals surface area contributed by atoms with Gasteiger partial charge in [0.1, 0.15) is 5.75 Å². The molecule has 0 unspecified atom stereocenters. The van der Waals surface area contributed by atoms with Crippen LogP contribution >= 0.6 is 15.9 Å². The number of nitrogens with two attached hydrogens (primary N) is 1. The normalized spacial score (nSPS) is 14.1. The minimum absolute atomic E-state index is 0.490. The Bertz CT molecular complexity index is 421. The monoisotopic (exact) mass is 312 g/mol. The van der Waals surface area contributed by atoms with Gasteiger partial charge in [0.05, 0.1) is 6.61 Å². The summed E-state index contributed by atoms with van der Waals surface area (Å²) in [4.78, 5) is 2.38. The second-order valence-electron chi connectivity index (χ2n) is 5.00. The summed E-state index contributed by atoms with van der Waals surface area (Å²) in [5.41, 5.74) is 8.26. The molecule has 3 nitrogen and oxygen atoms in total. The molecule has 100 valence electrons. The Kier molecular flexibility index (Phi) is 4.65. The molecule has 0 saturated heterocycles. The van der Waals surface area contributed by atoms with E-state index >= 15 is 0 Å². The summed E-state index contributed by atoms with van der Waals surface area (Å²) in [7, 11) is 0. The molecular formula is C14H21BrN2O. The molecule has 18 heavy (non-hydrogen) atoms. The molecule has 0 aromatic heterocycles. The van der Waals surface area contributed by atoms with Gasteiger partial charge in [-0.1, -0.05) is 15.9 Å². The van der Waals surface area contributed by atoms with Crippen LogP contribution in [-0.4, -0.2) is 30.6 Å². The van der Waals surface area contributed by atoms with E-state index in [4.69, 9.17) is 10.5 Å². The lowest BCUT2D eigenvalue weighted by atomic mass is 10.1. The second kappa shape index (κ2) is 6.04. The highest BCUT2D eigenvalue weighted by Crippen LogP contribution is 2.33. The Labute approximate surface area is 117 Å². The van der Waals surface area contributed by atoms with Gasteiger partial charge in [-0.2, -0.15) is 0 Å². The minimum atomic E-state index is 0.490. The SMILES string of the molecule is CC(C)N(CCN)Cc1cc(Br)cc2c1OCC2. The average Bonchev–Trinajstić information content (AvgIpc) is 2.76. The third-order valence-corrected chi connectivity index (χ3v) is 3.80. The number of hydrogen-bond donors (Lipinski definition) is 1. The van der Waals surface area contributed by atoms with Gasteiger partial charge in [0.15, 0.2) is 0 Å². The summed E-state index contributed by atoms with van der Waals surface area (Å²) in [5, 5.41) is 0. The standard InChI is InChI=1S/C14H21BrN2O/c1-10(2)17(5-4-16)9-12-8-13(15)7-11-3-6-18-14(11)12/h7-8,10H,3-6,9,16H2,1-2H3. The molecule has 1 aromatic rings. The molecule has 1 heterocycles. The van der Waals surface area contributed by atoms with Crippen molar-refractivity contribution >= 4 is 15.9 Å². The fourth-order valence-corrected chi connectivity index (χ4v) is 2.92. The van der Waals surface area contributed by atoms with Crippen molar-refractivity contribution in [3.8, 4) is 5.75 Å². The van der Waals surface area contributed by atoms with Crippen LogP contribution in [0.3, 0.4) is 0 Å². The van der Waals surface area contributed by atoms with Gasteiger partial charge in [0.2, 0.25) is 0 Å². The molecule has 4 heteroatoms. The van der Waals surface area contributed by atoms with Crippen LogP contribution in [0.1, 0.15) is 25.0 Å². The van der Waals surface area contributed by atoms with Gasteiger partial charge in [-0.15, -0.1) is 0 Å². The molecule has 1 aliphatic heterocycles. The summed E-state index contributed by atoms with van der Waals surface area (Å²) >= 11 is 3.58. The molecule has 0 atom stereocenters. The first-order valence-electron chi connectivity index (χ1n) is 6.50. The van der Waals surface area contributed by atoms with Crippen LogP contribution in [0.5, 0.6) is 5.75 Å². The molecular weight excluding hydrogens is 292 g/mol. The third kappa shape index (κ3) is 3.05. The summed E-state index contributed by atoms with van der Waals surface area (Å²) in [6, 6.07) is 4.81. The number of rotatable bonds is 5. The van der Waals surface area contributed by atoms with Gasteiger partial charge < -0.3 is 10.5 Å². The first-order chi connectivity index (χ1) is 8.61. The summed E-state index contributed by atoms with van der Waals surface area (Å²) in [6.45, 7) is 7.71. The van der Waals surface area contributed by atoms with Crippen molar-refractivity contribution in [1.29, 1.82) is 0 Å². The molecule has 0 fully saturated rings. The first kappa shape index (κ1) is 13.8. The van der Waals surface area contributed by atoms with E-state index in [-0.39, 0.29) is 0 Å². The van der Waals surface area contributed by atoms with Crippen molar-refractivity contribution in [3.05, 3.63) is 27.7 Å². The zero-order valence-electron chi connectivity index (χ0n) is 11.1. The molecule has 1 aliphatic rings. The smallest absolute Gasteiger partial charge is 0.127 e. The highest BCUT2D eigenvalue weighted by Gasteiger charge is 2.19. The largest absolute Gasteiger partial charge is 0.493 e. The van der Waals surface area contributed by atoms with Crippen molar-refractivity contribution in [2.24, 2.45) is 5.73 Å². The highest BCUT2D eigenvalue weighted by atomic mass is 79.9. The Morgan fingerprint density at radius 3 is 2.89 bits per heavy atom. The maximum Gasteiger partial charge on any atom is 0.127 e. The van der Waals surface area contributed by atoms with Gasteiger partial charge in [0, 0.05) is 42.1 Å². The lowest BCUT2D eigenvalue weighted by molar-refractivity contribution is 0.215. The van der Waals surface area contributed by atoms with Crippen LogP contribution < -0.4 is 10.5 Å². The number of benzene rings is 1. The van der Waals surface area contributed by atoms with Gasteiger partial charge >= 0.3 is 0 Å². The third-order valence-electron chi connectivity index (χ3n) is 3.35. The summed E-state index contributed by atoms with van der Waals surface area (Å²) in [5.74, 6) is 1.08. The van der Waals surface area contributed by atoms with Crippen LogP contribution in [0, 0.1) is 0 Å². The lowest BCUT2D eigenvalue weighted by Crippen LogP contribution is -2.34. The maximum atomic E-state index is 5.76. The Morgan fingerprint density at radius 1 is 1.44 bits per heavy atom. The zero-order valence-corrected chi connectivity index (χ0v) is 12.7. The Balaban J connectivity index is 2.22. The quantitative estimate of drug-likeness (QED) is 0.908. The maximum absolute atomic E-state index is 5.76. The molecule has 0 radical (unpaired) electrons. The highest BCUT2D eigenvalue weighted by molar-refractivity contribution is 9.10. The number of hydrogen-bond acceptors (Lipinski definition) is 3. The molecule has 2 rings (SSSR count). The van der Waals surface area contributed by atoms with Crippen LogP contribution in [0.2, 0.25) is 0 Å². The van der Waals surface area contributed by atoms with Gasteiger partial charge in [-0.3, -0.25) is 4.90 Å². The van der Waals surface area contributed by atoms with Crippen LogP contribution in [0.15, 0.2) is 16.6 Å². The predicted octanol–water partition coefficient (Wildman–Crippen LogP) is 2.55. The molecule has 2 N–H and O–H groups in total. The van der Waals surface area contributed by atoms with Gasteiger partial charge in [-0.05, 0) is 31.5 Å². The number of nitrogens with zero attached hydrogens (tertiary/aromatic N) is 1. The van der Waals surface area contributed by atoms with E-state index in [2.05, 4.69) is 46.8 Å². The second-order valence-corrected chi connectivity index (χ2v) is 5.92. The number of halogens is 1. The van der Waals surface area contributed by atoms with E-state index in [0.29, 0.717) is 12.6 Å². The predicted molar refractivity (Wildman–Crippen MR) is 77.9 cm³/mol. The van der Waals surface area contributed by atoms with Crippen LogP contribution in [0.25, 0.3) is 0 Å². The van der Waals surface area contributed by atoms with Crippen molar-refractivity contribution < 1.29 is 4.74 Å². The van der Waals surface area contributed by atoms with E-state index < -0.39 is 0 Å². The van der Waals surface area contributed by atoms with Crippen LogP contribution in [0.4, 0.5) is 0 Å². The number of ether oxygens (including phenoxy) is 1. The van der Waals surface area contributed by atoms with Gasteiger partial charge in [-0.25, -0.2) is 0 Å².